The minimum Gasteiger partial charge on any atom is -0.358 e. The molecule has 1 unspecified atom stereocenters. The largest absolute Gasteiger partial charge is 0.358 e. The zero-order valence-corrected chi connectivity index (χ0v) is 9.57. The molecule has 4 N–H and O–H groups in total. The average Bonchev–Trinajstić information content (AvgIpc) is 2.14. The number of nitrogens with one attached hydrogen (secondary N) is 1. The van der Waals surface area contributed by atoms with Crippen molar-refractivity contribution in [3.05, 3.63) is 0 Å². The molecule has 0 aliphatic rings. The summed E-state index contributed by atoms with van der Waals surface area (Å²) in [6.45, 7) is 6.09. The molecular weight excluding hydrogens is 160 g/mol. The van der Waals surface area contributed by atoms with Crippen LogP contribution in [0.1, 0.15) is 45.4 Å². The van der Waals surface area contributed by atoms with Gasteiger partial charge < -0.3 is 10.6 Å². The number of rotatable bonds is 9. The van der Waals surface area contributed by atoms with E-state index in [-0.39, 0.29) is 0 Å². The van der Waals surface area contributed by atoms with Crippen molar-refractivity contribution >= 4 is 0 Å². The molecule has 2 heteroatoms. The zero-order valence-electron chi connectivity index (χ0n) is 9.57. The van der Waals surface area contributed by atoms with Crippen LogP contribution in [0.25, 0.3) is 0 Å². The van der Waals surface area contributed by atoms with E-state index in [1.807, 2.05) is 0 Å². The fourth-order valence-electron chi connectivity index (χ4n) is 1.56. The molecule has 0 bridgehead atoms. The first-order chi connectivity index (χ1) is 6.31. The van der Waals surface area contributed by atoms with E-state index in [1.165, 1.54) is 51.6 Å². The molecule has 2 nitrogen and oxygen atoms in total. The van der Waals surface area contributed by atoms with Gasteiger partial charge in [-0.2, -0.15) is 0 Å². The van der Waals surface area contributed by atoms with Crippen molar-refractivity contribution in [2.75, 3.05) is 26.7 Å². The predicted molar refractivity (Wildman–Crippen MR) is 57.8 cm³/mol. The Labute approximate surface area is 83.5 Å². The summed E-state index contributed by atoms with van der Waals surface area (Å²) in [6.07, 6.45) is 8.21. The van der Waals surface area contributed by atoms with Crippen LogP contribution in [-0.4, -0.2) is 26.7 Å². The molecule has 0 aliphatic heterocycles. The zero-order chi connectivity index (χ0) is 9.94. The smallest absolute Gasteiger partial charge is 0.0768 e. The molecule has 80 valence electrons. The molecule has 1 atom stereocenters. The van der Waals surface area contributed by atoms with Gasteiger partial charge >= 0.3 is 0 Å². The highest BCUT2D eigenvalue weighted by molar-refractivity contribution is 4.40. The number of unbranched alkanes of at least 4 members (excludes halogenated alkanes) is 4. The van der Waals surface area contributed by atoms with E-state index in [0.29, 0.717) is 0 Å². The third kappa shape index (κ3) is 9.84. The Bertz CT molecular complexity index is 94.1. The summed E-state index contributed by atoms with van der Waals surface area (Å²) in [5, 5.41) is 0. The highest BCUT2D eigenvalue weighted by atomic mass is 15.1. The van der Waals surface area contributed by atoms with Crippen LogP contribution in [0.4, 0.5) is 0 Å². The molecule has 0 heterocycles. The van der Waals surface area contributed by atoms with Crippen LogP contribution in [0.3, 0.4) is 0 Å². The second kappa shape index (κ2) is 10.0. The summed E-state index contributed by atoms with van der Waals surface area (Å²) in [6, 6.07) is 0. The van der Waals surface area contributed by atoms with Gasteiger partial charge in [0.05, 0.1) is 26.7 Å². The van der Waals surface area contributed by atoms with Crippen LogP contribution >= 0.6 is 0 Å². The molecule has 0 spiro atoms. The molecule has 0 rings (SSSR count). The molecule has 0 amide bonds. The Kier molecular flexibility index (Phi) is 9.94. The summed E-state index contributed by atoms with van der Waals surface area (Å²) in [5.41, 5.74) is 3.85. The Morgan fingerprint density at radius 3 is 2.15 bits per heavy atom. The normalized spacial score (nSPS) is 13.2. The Morgan fingerprint density at radius 2 is 1.54 bits per heavy atom. The van der Waals surface area contributed by atoms with Crippen molar-refractivity contribution in [3.63, 3.8) is 0 Å². The van der Waals surface area contributed by atoms with E-state index in [0.717, 1.165) is 6.54 Å². The van der Waals surface area contributed by atoms with E-state index in [2.05, 4.69) is 19.7 Å². The van der Waals surface area contributed by atoms with Crippen molar-refractivity contribution in [1.29, 1.82) is 0 Å². The number of hydrogen-bond donors (Lipinski definition) is 2. The van der Waals surface area contributed by atoms with Gasteiger partial charge in [-0.3, -0.25) is 0 Å². The number of quaternary nitrogens is 2. The highest BCUT2D eigenvalue weighted by Gasteiger charge is 1.99. The maximum atomic E-state index is 3.85. The van der Waals surface area contributed by atoms with Gasteiger partial charge in [-0.05, 0) is 32.1 Å². The molecule has 0 aliphatic carbocycles. The third-order valence-corrected chi connectivity index (χ3v) is 2.56. The SMILES string of the molecule is CCCC[NH+](C)CCCCCC[NH3+]. The number of hydrogen-bond acceptors (Lipinski definition) is 0. The minimum atomic E-state index is 1.11. The maximum Gasteiger partial charge on any atom is 0.0768 e. The van der Waals surface area contributed by atoms with Gasteiger partial charge in [-0.15, -0.1) is 0 Å². The fourth-order valence-corrected chi connectivity index (χ4v) is 1.56. The summed E-state index contributed by atoms with van der Waals surface area (Å²) < 4.78 is 0. The van der Waals surface area contributed by atoms with Gasteiger partial charge in [0.2, 0.25) is 0 Å². The van der Waals surface area contributed by atoms with E-state index in [4.69, 9.17) is 0 Å². The van der Waals surface area contributed by atoms with Crippen molar-refractivity contribution in [2.45, 2.75) is 45.4 Å². The van der Waals surface area contributed by atoms with Gasteiger partial charge in [0.25, 0.3) is 0 Å². The standard InChI is InChI=1S/C11H26N2/c1-3-4-10-13(2)11-8-6-5-7-9-12/h3-12H2,1-2H3/p+2. The fraction of sp³-hybridized carbons (Fsp3) is 1.00. The summed E-state index contributed by atoms with van der Waals surface area (Å²) in [5.74, 6) is 0. The highest BCUT2D eigenvalue weighted by Crippen LogP contribution is 1.95. The van der Waals surface area contributed by atoms with Crippen molar-refractivity contribution < 1.29 is 10.6 Å². The molecule has 0 aromatic heterocycles. The summed E-state index contributed by atoms with van der Waals surface area (Å²) in [7, 11) is 2.32. The molecule has 0 radical (unpaired) electrons. The van der Waals surface area contributed by atoms with E-state index in [9.17, 15) is 0 Å². The van der Waals surface area contributed by atoms with Crippen LogP contribution in [0, 0.1) is 0 Å². The Hall–Kier alpha value is -0.0800. The molecule has 0 saturated carbocycles. The monoisotopic (exact) mass is 188 g/mol. The van der Waals surface area contributed by atoms with E-state index >= 15 is 0 Å². The van der Waals surface area contributed by atoms with Gasteiger partial charge in [-0.1, -0.05) is 13.3 Å². The molecular formula is C11H28N2+2. The first-order valence-corrected chi connectivity index (χ1v) is 5.91. The lowest BCUT2D eigenvalue weighted by Crippen LogP contribution is -3.09. The second-order valence-corrected chi connectivity index (χ2v) is 4.08. The summed E-state index contributed by atoms with van der Waals surface area (Å²) in [4.78, 5) is 1.71. The lowest BCUT2D eigenvalue weighted by atomic mass is 10.2. The van der Waals surface area contributed by atoms with Crippen molar-refractivity contribution in [2.24, 2.45) is 0 Å². The minimum absolute atomic E-state index is 1.11. The lowest BCUT2D eigenvalue weighted by molar-refractivity contribution is -0.880. The van der Waals surface area contributed by atoms with Crippen LogP contribution in [0.5, 0.6) is 0 Å². The molecule has 0 saturated heterocycles. The molecule has 0 aromatic carbocycles. The van der Waals surface area contributed by atoms with Gasteiger partial charge in [0.15, 0.2) is 0 Å². The predicted octanol–water partition coefficient (Wildman–Crippen LogP) is 0.104. The van der Waals surface area contributed by atoms with E-state index in [1.54, 1.807) is 4.90 Å². The van der Waals surface area contributed by atoms with Gasteiger partial charge in [0.1, 0.15) is 0 Å². The third-order valence-electron chi connectivity index (χ3n) is 2.56. The lowest BCUT2D eigenvalue weighted by Gasteiger charge is -2.12. The maximum absolute atomic E-state index is 3.85. The van der Waals surface area contributed by atoms with Gasteiger partial charge in [-0.25, -0.2) is 0 Å². The van der Waals surface area contributed by atoms with Crippen molar-refractivity contribution in [3.8, 4) is 0 Å². The van der Waals surface area contributed by atoms with E-state index < -0.39 is 0 Å². The van der Waals surface area contributed by atoms with Crippen molar-refractivity contribution in [1.82, 2.24) is 0 Å². The summed E-state index contributed by atoms with van der Waals surface area (Å²) >= 11 is 0. The molecule has 13 heavy (non-hydrogen) atoms. The topological polar surface area (TPSA) is 32.1 Å². The second-order valence-electron chi connectivity index (χ2n) is 4.08. The van der Waals surface area contributed by atoms with Crippen LogP contribution < -0.4 is 10.6 Å². The first kappa shape index (κ1) is 12.9. The van der Waals surface area contributed by atoms with Crippen LogP contribution in [0.2, 0.25) is 0 Å². The molecule has 0 fully saturated rings. The first-order valence-electron chi connectivity index (χ1n) is 5.91. The quantitative estimate of drug-likeness (QED) is 0.481. The Balaban J connectivity index is 3.03. The van der Waals surface area contributed by atoms with Crippen LogP contribution in [0.15, 0.2) is 0 Å². The van der Waals surface area contributed by atoms with Gasteiger partial charge in [0, 0.05) is 0 Å². The average molecular weight is 188 g/mol. The Morgan fingerprint density at radius 1 is 0.923 bits per heavy atom. The van der Waals surface area contributed by atoms with Crippen LogP contribution in [-0.2, 0) is 0 Å². The molecule has 0 aromatic rings.